The molecule has 0 aliphatic carbocycles. The summed E-state index contributed by atoms with van der Waals surface area (Å²) < 4.78 is 1.98. The maximum absolute atomic E-state index is 12.9. The van der Waals surface area contributed by atoms with Crippen LogP contribution in [0.2, 0.25) is 0 Å². The zero-order chi connectivity index (χ0) is 15.1. The second-order valence-electron chi connectivity index (χ2n) is 5.42. The van der Waals surface area contributed by atoms with Crippen molar-refractivity contribution in [1.82, 2.24) is 9.55 Å². The Morgan fingerprint density at radius 2 is 1.82 bits per heavy atom. The summed E-state index contributed by atoms with van der Waals surface area (Å²) in [5.41, 5.74) is 3.29. The van der Waals surface area contributed by atoms with Crippen LogP contribution in [0.3, 0.4) is 0 Å². The van der Waals surface area contributed by atoms with E-state index in [1.54, 1.807) is 6.20 Å². The third-order valence-electron chi connectivity index (χ3n) is 3.99. The molecule has 0 amide bonds. The van der Waals surface area contributed by atoms with E-state index in [0.29, 0.717) is 5.56 Å². The Kier molecular flexibility index (Phi) is 2.79. The molecule has 0 radical (unpaired) electrons. The highest BCUT2D eigenvalue weighted by atomic mass is 16.1. The summed E-state index contributed by atoms with van der Waals surface area (Å²) in [6.07, 6.45) is 3.55. The molecular formula is C19H14N2O. The number of nitrogens with zero attached hydrogens (tertiary/aromatic N) is 2. The number of para-hydroxylation sites is 2. The van der Waals surface area contributed by atoms with E-state index in [4.69, 9.17) is 0 Å². The maximum atomic E-state index is 12.9. The lowest BCUT2D eigenvalue weighted by Crippen LogP contribution is -2.01. The van der Waals surface area contributed by atoms with E-state index in [1.165, 1.54) is 0 Å². The number of carbonyl (C=O) groups is 1. The molecule has 0 saturated heterocycles. The average molecular weight is 286 g/mol. The molecule has 3 heteroatoms. The Labute approximate surface area is 127 Å². The minimum absolute atomic E-state index is 0.00931. The van der Waals surface area contributed by atoms with Crippen molar-refractivity contribution in [3.63, 3.8) is 0 Å². The van der Waals surface area contributed by atoms with E-state index in [0.717, 1.165) is 27.4 Å². The molecule has 2 aromatic heterocycles. The predicted molar refractivity (Wildman–Crippen MR) is 88.1 cm³/mol. The van der Waals surface area contributed by atoms with Crippen LogP contribution in [0.4, 0.5) is 0 Å². The smallest absolute Gasteiger partial charge is 0.196 e. The highest BCUT2D eigenvalue weighted by molar-refractivity contribution is 6.17. The van der Waals surface area contributed by atoms with Crippen molar-refractivity contribution >= 4 is 27.6 Å². The Balaban J connectivity index is 1.88. The third-order valence-corrected chi connectivity index (χ3v) is 3.99. The molecule has 0 aliphatic rings. The van der Waals surface area contributed by atoms with Gasteiger partial charge in [-0.3, -0.25) is 9.78 Å². The predicted octanol–water partition coefficient (Wildman–Crippen LogP) is 3.96. The van der Waals surface area contributed by atoms with Gasteiger partial charge in [-0.25, -0.2) is 0 Å². The molecule has 0 N–H and O–H groups in total. The molecule has 4 rings (SSSR count). The summed E-state index contributed by atoms with van der Waals surface area (Å²) in [5.74, 6) is 0.00931. The molecule has 106 valence electrons. The number of ketones is 1. The van der Waals surface area contributed by atoms with Crippen molar-refractivity contribution in [2.75, 3.05) is 0 Å². The first-order chi connectivity index (χ1) is 10.7. The summed E-state index contributed by atoms with van der Waals surface area (Å²) in [7, 11) is 1.96. The normalized spacial score (nSPS) is 11.1. The van der Waals surface area contributed by atoms with Gasteiger partial charge in [0.05, 0.1) is 5.52 Å². The first kappa shape index (κ1) is 12.8. The molecule has 0 bridgehead atoms. The lowest BCUT2D eigenvalue weighted by molar-refractivity contribution is 0.104. The Morgan fingerprint density at radius 3 is 2.73 bits per heavy atom. The SMILES string of the molecule is Cn1cc(C(=O)c2cnc3ccccc3c2)c2ccccc21. The van der Waals surface area contributed by atoms with Gasteiger partial charge in [0.15, 0.2) is 5.78 Å². The van der Waals surface area contributed by atoms with Gasteiger partial charge in [-0.05, 0) is 18.2 Å². The van der Waals surface area contributed by atoms with Crippen molar-refractivity contribution in [2.45, 2.75) is 0 Å². The van der Waals surface area contributed by atoms with Crippen LogP contribution >= 0.6 is 0 Å². The number of fused-ring (bicyclic) bond motifs is 2. The van der Waals surface area contributed by atoms with E-state index < -0.39 is 0 Å². The average Bonchev–Trinajstić information content (AvgIpc) is 2.91. The van der Waals surface area contributed by atoms with Crippen LogP contribution < -0.4 is 0 Å². The summed E-state index contributed by atoms with van der Waals surface area (Å²) in [4.78, 5) is 17.3. The second-order valence-corrected chi connectivity index (χ2v) is 5.42. The molecule has 2 heterocycles. The molecule has 0 fully saturated rings. The van der Waals surface area contributed by atoms with Crippen LogP contribution in [0.15, 0.2) is 67.0 Å². The summed E-state index contributed by atoms with van der Waals surface area (Å²) >= 11 is 0. The van der Waals surface area contributed by atoms with Crippen molar-refractivity contribution in [3.05, 3.63) is 78.1 Å². The molecule has 22 heavy (non-hydrogen) atoms. The molecule has 0 unspecified atom stereocenters. The molecule has 2 aromatic carbocycles. The number of hydrogen-bond donors (Lipinski definition) is 0. The number of hydrogen-bond acceptors (Lipinski definition) is 2. The van der Waals surface area contributed by atoms with Gasteiger partial charge in [0.2, 0.25) is 0 Å². The monoisotopic (exact) mass is 286 g/mol. The maximum Gasteiger partial charge on any atom is 0.196 e. The van der Waals surface area contributed by atoms with Gasteiger partial charge in [0.25, 0.3) is 0 Å². The number of rotatable bonds is 2. The molecule has 4 aromatic rings. The quantitative estimate of drug-likeness (QED) is 0.523. The summed E-state index contributed by atoms with van der Waals surface area (Å²) in [5, 5.41) is 1.96. The number of aromatic nitrogens is 2. The lowest BCUT2D eigenvalue weighted by atomic mass is 10.0. The first-order valence-electron chi connectivity index (χ1n) is 7.17. The van der Waals surface area contributed by atoms with Gasteiger partial charge in [-0.2, -0.15) is 0 Å². The summed E-state index contributed by atoms with van der Waals surface area (Å²) in [6, 6.07) is 17.7. The third kappa shape index (κ3) is 1.91. The fourth-order valence-corrected chi connectivity index (χ4v) is 2.87. The van der Waals surface area contributed by atoms with Crippen LogP contribution in [0.5, 0.6) is 0 Å². The minimum Gasteiger partial charge on any atom is -0.350 e. The number of carbonyl (C=O) groups excluding carboxylic acids is 1. The molecule has 0 spiro atoms. The zero-order valence-corrected chi connectivity index (χ0v) is 12.2. The number of pyridine rings is 1. The minimum atomic E-state index is 0.00931. The van der Waals surface area contributed by atoms with E-state index in [1.807, 2.05) is 72.4 Å². The van der Waals surface area contributed by atoms with Crippen molar-refractivity contribution in [2.24, 2.45) is 7.05 Å². The van der Waals surface area contributed by atoms with Gasteiger partial charge in [0, 0.05) is 46.9 Å². The lowest BCUT2D eigenvalue weighted by Gasteiger charge is -2.02. The van der Waals surface area contributed by atoms with Crippen LogP contribution in [0.25, 0.3) is 21.8 Å². The van der Waals surface area contributed by atoms with Gasteiger partial charge in [-0.1, -0.05) is 36.4 Å². The Bertz CT molecular complexity index is 1010. The molecule has 0 saturated carbocycles. The zero-order valence-electron chi connectivity index (χ0n) is 12.2. The van der Waals surface area contributed by atoms with E-state index in [-0.39, 0.29) is 5.78 Å². The van der Waals surface area contributed by atoms with Gasteiger partial charge < -0.3 is 4.57 Å². The van der Waals surface area contributed by atoms with Gasteiger partial charge >= 0.3 is 0 Å². The van der Waals surface area contributed by atoms with Crippen molar-refractivity contribution < 1.29 is 4.79 Å². The highest BCUT2D eigenvalue weighted by Crippen LogP contribution is 2.24. The van der Waals surface area contributed by atoms with E-state index in [9.17, 15) is 4.79 Å². The van der Waals surface area contributed by atoms with Crippen LogP contribution in [-0.2, 0) is 7.05 Å². The first-order valence-corrected chi connectivity index (χ1v) is 7.17. The van der Waals surface area contributed by atoms with Crippen molar-refractivity contribution in [1.29, 1.82) is 0 Å². The van der Waals surface area contributed by atoms with E-state index in [2.05, 4.69) is 4.98 Å². The molecular weight excluding hydrogens is 272 g/mol. The van der Waals surface area contributed by atoms with Crippen LogP contribution in [0.1, 0.15) is 15.9 Å². The van der Waals surface area contributed by atoms with Crippen molar-refractivity contribution in [3.8, 4) is 0 Å². The second kappa shape index (κ2) is 4.81. The van der Waals surface area contributed by atoms with E-state index >= 15 is 0 Å². The Hall–Kier alpha value is -2.94. The topological polar surface area (TPSA) is 34.9 Å². The highest BCUT2D eigenvalue weighted by Gasteiger charge is 2.16. The van der Waals surface area contributed by atoms with Crippen LogP contribution in [0, 0.1) is 0 Å². The molecule has 0 atom stereocenters. The molecule has 3 nitrogen and oxygen atoms in total. The number of benzene rings is 2. The van der Waals surface area contributed by atoms with Gasteiger partial charge in [-0.15, -0.1) is 0 Å². The summed E-state index contributed by atoms with van der Waals surface area (Å²) in [6.45, 7) is 0. The number of aryl methyl sites for hydroxylation is 1. The largest absolute Gasteiger partial charge is 0.350 e. The molecule has 0 aliphatic heterocycles. The fraction of sp³-hybridized carbons (Fsp3) is 0.0526. The fourth-order valence-electron chi connectivity index (χ4n) is 2.87. The standard InChI is InChI=1S/C19H14N2O/c1-21-12-16(15-7-3-5-9-18(15)21)19(22)14-10-13-6-2-4-8-17(13)20-11-14/h2-12H,1H3. The Morgan fingerprint density at radius 1 is 1.05 bits per heavy atom. The van der Waals surface area contributed by atoms with Gasteiger partial charge in [0.1, 0.15) is 0 Å². The van der Waals surface area contributed by atoms with Crippen LogP contribution in [-0.4, -0.2) is 15.3 Å².